The largest absolute Gasteiger partial charge is 0.796 e. The molecule has 2 aromatic rings. The third kappa shape index (κ3) is 5.48. The highest BCUT2D eigenvalue weighted by Gasteiger charge is 2.19. The van der Waals surface area contributed by atoms with E-state index in [1.807, 2.05) is 0 Å². The highest BCUT2D eigenvalue weighted by Crippen LogP contribution is 2.20. The number of methoxy groups -OCH3 is 2. The highest BCUT2D eigenvalue weighted by atomic mass is 19.2. The number of ketones is 1. The van der Waals surface area contributed by atoms with E-state index in [1.54, 1.807) is 61.7 Å². The minimum Gasteiger partial charge on any atom is -0.505 e. The third-order valence-electron chi connectivity index (χ3n) is 3.43. The van der Waals surface area contributed by atoms with Crippen LogP contribution < -0.4 is 9.47 Å². The van der Waals surface area contributed by atoms with E-state index in [2.05, 4.69) is 4.65 Å². The van der Waals surface area contributed by atoms with Gasteiger partial charge in [0.05, 0.1) is 19.8 Å². The molecule has 0 atom stereocenters. The summed E-state index contributed by atoms with van der Waals surface area (Å²) in [5, 5.41) is 0. The topological polar surface area (TPSA) is 44.8 Å². The molecule has 2 rings (SSSR count). The van der Waals surface area contributed by atoms with Crippen molar-refractivity contribution < 1.29 is 27.6 Å². The van der Waals surface area contributed by atoms with Gasteiger partial charge in [0.1, 0.15) is 17.3 Å². The van der Waals surface area contributed by atoms with Gasteiger partial charge in [-0.1, -0.05) is 30.3 Å². The summed E-state index contributed by atoms with van der Waals surface area (Å²) in [5.74, 6) is 0.265. The van der Waals surface area contributed by atoms with Gasteiger partial charge in [0.25, 0.3) is 0 Å². The molecule has 0 unspecified atom stereocenters. The second-order valence-corrected chi connectivity index (χ2v) is 5.10. The molecule has 134 valence electrons. The Morgan fingerprint density at radius 3 is 2.31 bits per heavy atom. The molecule has 0 spiro atoms. The van der Waals surface area contributed by atoms with Crippen LogP contribution in [-0.4, -0.2) is 27.5 Å². The Bertz CT molecular complexity index is 801. The molecule has 7 heteroatoms. The molecule has 0 saturated carbocycles. The molecule has 0 saturated heterocycles. The number of benzene rings is 2. The standard InChI is InChI=1S/C19H17BF2O4/c1-24-15-10-7-14(8-11-15)9-12-16(26-20(21)22)13-18(23)17-5-3-4-6-19(17)25-2/h3-13H,1-2H3/b12-9+,16-13-. The zero-order valence-corrected chi connectivity index (χ0v) is 14.3. The summed E-state index contributed by atoms with van der Waals surface area (Å²) in [7, 11) is -0.0750. The molecule has 0 aliphatic carbocycles. The molecule has 0 heterocycles. The van der Waals surface area contributed by atoms with E-state index in [0.29, 0.717) is 11.5 Å². The average Bonchev–Trinajstić information content (AvgIpc) is 2.66. The number of hydrogen-bond acceptors (Lipinski definition) is 4. The predicted octanol–water partition coefficient (Wildman–Crippen LogP) is 4.42. The van der Waals surface area contributed by atoms with Gasteiger partial charge in [-0.2, -0.15) is 0 Å². The third-order valence-corrected chi connectivity index (χ3v) is 3.43. The van der Waals surface area contributed by atoms with Crippen LogP contribution >= 0.6 is 0 Å². The van der Waals surface area contributed by atoms with Crippen LogP contribution in [0.3, 0.4) is 0 Å². The Kier molecular flexibility index (Phi) is 6.97. The SMILES string of the molecule is COc1ccc(/C=C/C(=C/C(=O)c2ccccc2OC)OB(F)F)cc1. The lowest BCUT2D eigenvalue weighted by molar-refractivity contribution is 0.104. The van der Waals surface area contributed by atoms with Crippen LogP contribution in [0, 0.1) is 0 Å². The summed E-state index contributed by atoms with van der Waals surface area (Å²) in [5.41, 5.74) is 0.988. The molecule has 0 amide bonds. The molecule has 0 aliphatic heterocycles. The van der Waals surface area contributed by atoms with Crippen molar-refractivity contribution in [2.45, 2.75) is 0 Å². The Balaban J connectivity index is 2.26. The van der Waals surface area contributed by atoms with Crippen LogP contribution in [-0.2, 0) is 4.65 Å². The number of carbonyl (C=O) groups excluding carboxylic acids is 1. The van der Waals surface area contributed by atoms with Gasteiger partial charge in [-0.15, -0.1) is 0 Å². The van der Waals surface area contributed by atoms with Crippen molar-refractivity contribution in [1.29, 1.82) is 0 Å². The molecular formula is C19H17BF2O4. The first-order chi connectivity index (χ1) is 12.5. The Morgan fingerprint density at radius 2 is 1.69 bits per heavy atom. The number of halogens is 2. The molecule has 26 heavy (non-hydrogen) atoms. The van der Waals surface area contributed by atoms with Gasteiger partial charge in [0.15, 0.2) is 5.78 Å². The lowest BCUT2D eigenvalue weighted by Gasteiger charge is -2.07. The first-order valence-corrected chi connectivity index (χ1v) is 7.69. The summed E-state index contributed by atoms with van der Waals surface area (Å²) < 4.78 is 39.9. The van der Waals surface area contributed by atoms with E-state index in [4.69, 9.17) is 9.47 Å². The van der Waals surface area contributed by atoms with E-state index >= 15 is 0 Å². The van der Waals surface area contributed by atoms with Crippen molar-refractivity contribution in [2.24, 2.45) is 0 Å². The van der Waals surface area contributed by atoms with E-state index in [-0.39, 0.29) is 11.3 Å². The van der Waals surface area contributed by atoms with Crippen LogP contribution in [0.25, 0.3) is 6.08 Å². The first kappa shape index (κ1) is 19.2. The van der Waals surface area contributed by atoms with Gasteiger partial charge in [-0.25, -0.2) is 8.63 Å². The lowest BCUT2D eigenvalue weighted by Crippen LogP contribution is -2.06. The van der Waals surface area contributed by atoms with Crippen LogP contribution in [0.15, 0.2) is 66.4 Å². The second-order valence-electron chi connectivity index (χ2n) is 5.10. The summed E-state index contributed by atoms with van der Waals surface area (Å²) >= 11 is 0. The fourth-order valence-electron chi connectivity index (χ4n) is 2.17. The Labute approximate surface area is 150 Å². The minimum atomic E-state index is -3.05. The molecule has 0 aliphatic rings. The Hall–Kier alpha value is -3.09. The Morgan fingerprint density at radius 1 is 1.00 bits per heavy atom. The molecule has 0 radical (unpaired) electrons. The van der Waals surface area contributed by atoms with Crippen LogP contribution in [0.4, 0.5) is 8.63 Å². The van der Waals surface area contributed by atoms with Crippen LogP contribution in [0.5, 0.6) is 11.5 Å². The summed E-state index contributed by atoms with van der Waals surface area (Å²) in [6, 6.07) is 13.5. The fraction of sp³-hybridized carbons (Fsp3) is 0.105. The van der Waals surface area contributed by atoms with Crippen molar-refractivity contribution in [1.82, 2.24) is 0 Å². The summed E-state index contributed by atoms with van der Waals surface area (Å²) in [6.45, 7) is 0. The summed E-state index contributed by atoms with van der Waals surface area (Å²) in [6.07, 6.45) is 3.87. The average molecular weight is 358 g/mol. The van der Waals surface area contributed by atoms with Crippen molar-refractivity contribution in [3.05, 3.63) is 77.6 Å². The summed E-state index contributed by atoms with van der Waals surface area (Å²) in [4.78, 5) is 12.4. The van der Waals surface area contributed by atoms with Gasteiger partial charge in [0.2, 0.25) is 0 Å². The van der Waals surface area contributed by atoms with Crippen LogP contribution in [0.2, 0.25) is 0 Å². The normalized spacial score (nSPS) is 11.3. The van der Waals surface area contributed by atoms with E-state index in [1.165, 1.54) is 13.2 Å². The second kappa shape index (κ2) is 9.41. The fourth-order valence-corrected chi connectivity index (χ4v) is 2.17. The van der Waals surface area contributed by atoms with Crippen molar-refractivity contribution in [3.8, 4) is 11.5 Å². The van der Waals surface area contributed by atoms with Gasteiger partial charge in [-0.3, -0.25) is 4.79 Å². The van der Waals surface area contributed by atoms with E-state index in [0.717, 1.165) is 11.6 Å². The molecule has 0 aromatic heterocycles. The minimum absolute atomic E-state index is 0.253. The molecule has 0 N–H and O–H groups in total. The number of ether oxygens (including phenoxy) is 2. The van der Waals surface area contributed by atoms with Crippen molar-refractivity contribution in [3.63, 3.8) is 0 Å². The van der Waals surface area contributed by atoms with Gasteiger partial charge in [-0.05, 0) is 35.9 Å². The zero-order chi connectivity index (χ0) is 18.9. The maximum Gasteiger partial charge on any atom is 0.796 e. The zero-order valence-electron chi connectivity index (χ0n) is 14.3. The molecular weight excluding hydrogens is 341 g/mol. The maximum absolute atomic E-state index is 12.7. The quantitative estimate of drug-likeness (QED) is 0.230. The first-order valence-electron chi connectivity index (χ1n) is 7.69. The van der Waals surface area contributed by atoms with Gasteiger partial charge in [0, 0.05) is 6.08 Å². The highest BCUT2D eigenvalue weighted by molar-refractivity contribution is 6.35. The van der Waals surface area contributed by atoms with E-state index < -0.39 is 13.3 Å². The van der Waals surface area contributed by atoms with E-state index in [9.17, 15) is 13.4 Å². The molecule has 2 aromatic carbocycles. The lowest BCUT2D eigenvalue weighted by atomic mass is 10.1. The molecule has 0 fully saturated rings. The number of rotatable bonds is 8. The van der Waals surface area contributed by atoms with Crippen LogP contribution in [0.1, 0.15) is 15.9 Å². The predicted molar refractivity (Wildman–Crippen MR) is 96.5 cm³/mol. The monoisotopic (exact) mass is 358 g/mol. The smallest absolute Gasteiger partial charge is 0.505 e. The van der Waals surface area contributed by atoms with Gasteiger partial charge < -0.3 is 14.1 Å². The molecule has 4 nitrogen and oxygen atoms in total. The maximum atomic E-state index is 12.7. The number of para-hydroxylation sites is 1. The van der Waals surface area contributed by atoms with Crippen molar-refractivity contribution >= 4 is 19.3 Å². The van der Waals surface area contributed by atoms with Gasteiger partial charge >= 0.3 is 7.47 Å². The number of hydrogen-bond donors (Lipinski definition) is 0. The number of carbonyl (C=O) groups is 1. The number of allylic oxidation sites excluding steroid dienone is 2. The van der Waals surface area contributed by atoms with Crippen molar-refractivity contribution in [2.75, 3.05) is 14.2 Å². The molecule has 0 bridgehead atoms.